The van der Waals surface area contributed by atoms with E-state index >= 15 is 0 Å². The molecule has 2 unspecified atom stereocenters. The van der Waals surface area contributed by atoms with Crippen molar-refractivity contribution in [3.05, 3.63) is 18.0 Å². The first-order valence-corrected chi connectivity index (χ1v) is 7.16. The van der Waals surface area contributed by atoms with Crippen molar-refractivity contribution < 1.29 is 4.74 Å². The SMILES string of the molecule is CCCNC1COCC1CN(C)Cc1cnn(C)c1. The van der Waals surface area contributed by atoms with E-state index in [9.17, 15) is 0 Å². The molecule has 0 saturated carbocycles. The van der Waals surface area contributed by atoms with Crippen molar-refractivity contribution in [2.75, 3.05) is 33.4 Å². The molecule has 5 heteroatoms. The molecule has 1 fully saturated rings. The van der Waals surface area contributed by atoms with Gasteiger partial charge in [0.25, 0.3) is 0 Å². The molecule has 2 rings (SSSR count). The van der Waals surface area contributed by atoms with Crippen LogP contribution in [-0.2, 0) is 18.3 Å². The lowest BCUT2D eigenvalue weighted by molar-refractivity contribution is 0.172. The summed E-state index contributed by atoms with van der Waals surface area (Å²) in [6.07, 6.45) is 5.19. The van der Waals surface area contributed by atoms with Crippen LogP contribution >= 0.6 is 0 Å². The highest BCUT2D eigenvalue weighted by Crippen LogP contribution is 2.16. The van der Waals surface area contributed by atoms with Gasteiger partial charge in [-0.25, -0.2) is 0 Å². The summed E-state index contributed by atoms with van der Waals surface area (Å²) in [6.45, 7) is 7.02. The summed E-state index contributed by atoms with van der Waals surface area (Å²) in [5.74, 6) is 0.591. The summed E-state index contributed by atoms with van der Waals surface area (Å²) in [7, 11) is 4.13. The summed E-state index contributed by atoms with van der Waals surface area (Å²) < 4.78 is 7.47. The van der Waals surface area contributed by atoms with Gasteiger partial charge in [-0.2, -0.15) is 5.10 Å². The Morgan fingerprint density at radius 3 is 3.05 bits per heavy atom. The minimum atomic E-state index is 0.510. The van der Waals surface area contributed by atoms with Crippen molar-refractivity contribution >= 4 is 0 Å². The van der Waals surface area contributed by atoms with E-state index in [1.807, 2.05) is 17.9 Å². The molecule has 0 aromatic carbocycles. The summed E-state index contributed by atoms with van der Waals surface area (Å²) >= 11 is 0. The minimum Gasteiger partial charge on any atom is -0.379 e. The molecule has 19 heavy (non-hydrogen) atoms. The van der Waals surface area contributed by atoms with Crippen LogP contribution in [0.2, 0.25) is 0 Å². The van der Waals surface area contributed by atoms with Gasteiger partial charge in [0.1, 0.15) is 0 Å². The Balaban J connectivity index is 1.79. The summed E-state index contributed by atoms with van der Waals surface area (Å²) in [5.41, 5.74) is 1.27. The molecule has 1 N–H and O–H groups in total. The Morgan fingerprint density at radius 1 is 1.53 bits per heavy atom. The Labute approximate surface area is 115 Å². The number of nitrogens with zero attached hydrogens (tertiary/aromatic N) is 3. The van der Waals surface area contributed by atoms with E-state index < -0.39 is 0 Å². The van der Waals surface area contributed by atoms with Gasteiger partial charge in [0.05, 0.1) is 19.4 Å². The monoisotopic (exact) mass is 266 g/mol. The molecule has 2 atom stereocenters. The number of hydrogen-bond acceptors (Lipinski definition) is 4. The van der Waals surface area contributed by atoms with Crippen LogP contribution in [0.15, 0.2) is 12.4 Å². The lowest BCUT2D eigenvalue weighted by Crippen LogP contribution is -2.40. The predicted octanol–water partition coefficient (Wildman–Crippen LogP) is 0.867. The van der Waals surface area contributed by atoms with Crippen molar-refractivity contribution in [3.8, 4) is 0 Å². The smallest absolute Gasteiger partial charge is 0.0623 e. The second-order valence-electron chi connectivity index (χ2n) is 5.58. The second-order valence-corrected chi connectivity index (χ2v) is 5.58. The minimum absolute atomic E-state index is 0.510. The highest BCUT2D eigenvalue weighted by atomic mass is 16.5. The third-order valence-electron chi connectivity index (χ3n) is 3.61. The number of aromatic nitrogens is 2. The van der Waals surface area contributed by atoms with Crippen molar-refractivity contribution in [2.45, 2.75) is 25.9 Å². The van der Waals surface area contributed by atoms with Gasteiger partial charge in [0.15, 0.2) is 0 Å². The molecule has 2 heterocycles. The lowest BCUT2D eigenvalue weighted by Gasteiger charge is -2.24. The van der Waals surface area contributed by atoms with Gasteiger partial charge in [0.2, 0.25) is 0 Å². The van der Waals surface area contributed by atoms with Gasteiger partial charge >= 0.3 is 0 Å². The van der Waals surface area contributed by atoms with Gasteiger partial charge in [-0.05, 0) is 20.0 Å². The van der Waals surface area contributed by atoms with E-state index in [4.69, 9.17) is 4.74 Å². The quantitative estimate of drug-likeness (QED) is 0.795. The molecule has 0 aliphatic carbocycles. The Kier molecular flexibility index (Phi) is 5.36. The van der Waals surface area contributed by atoms with E-state index in [0.29, 0.717) is 12.0 Å². The number of nitrogens with one attached hydrogen (secondary N) is 1. The molecule has 0 spiro atoms. The maximum absolute atomic E-state index is 5.62. The lowest BCUT2D eigenvalue weighted by atomic mass is 10.0. The molecule has 108 valence electrons. The number of rotatable bonds is 7. The first kappa shape index (κ1) is 14.5. The summed E-state index contributed by atoms with van der Waals surface area (Å²) in [6, 6.07) is 0.510. The highest BCUT2D eigenvalue weighted by molar-refractivity contribution is 5.03. The fourth-order valence-electron chi connectivity index (χ4n) is 2.66. The number of ether oxygens (including phenoxy) is 1. The Morgan fingerprint density at radius 2 is 2.37 bits per heavy atom. The summed E-state index contributed by atoms with van der Waals surface area (Å²) in [4.78, 5) is 2.36. The molecule has 1 aromatic heterocycles. The van der Waals surface area contributed by atoms with Crippen molar-refractivity contribution in [3.63, 3.8) is 0 Å². The van der Waals surface area contributed by atoms with Crippen molar-refractivity contribution in [1.82, 2.24) is 20.0 Å². The third kappa shape index (κ3) is 4.30. The van der Waals surface area contributed by atoms with E-state index in [-0.39, 0.29) is 0 Å². The van der Waals surface area contributed by atoms with E-state index in [1.54, 1.807) is 0 Å². The Bertz CT molecular complexity index is 379. The average molecular weight is 266 g/mol. The van der Waals surface area contributed by atoms with Crippen LogP contribution in [0.5, 0.6) is 0 Å². The summed E-state index contributed by atoms with van der Waals surface area (Å²) in [5, 5.41) is 7.80. The first-order valence-electron chi connectivity index (χ1n) is 7.16. The number of hydrogen-bond donors (Lipinski definition) is 1. The zero-order valence-corrected chi connectivity index (χ0v) is 12.3. The second kappa shape index (κ2) is 7.03. The maximum Gasteiger partial charge on any atom is 0.0623 e. The fourth-order valence-corrected chi connectivity index (χ4v) is 2.66. The normalized spacial score (nSPS) is 23.4. The van der Waals surface area contributed by atoms with Crippen molar-refractivity contribution in [2.24, 2.45) is 13.0 Å². The van der Waals surface area contributed by atoms with Crippen LogP contribution in [0.1, 0.15) is 18.9 Å². The molecule has 1 aliphatic heterocycles. The first-order chi connectivity index (χ1) is 9.19. The molecule has 0 bridgehead atoms. The van der Waals surface area contributed by atoms with Crippen LogP contribution < -0.4 is 5.32 Å². The van der Waals surface area contributed by atoms with E-state index in [1.165, 1.54) is 12.0 Å². The highest BCUT2D eigenvalue weighted by Gasteiger charge is 2.28. The van der Waals surface area contributed by atoms with E-state index in [2.05, 4.69) is 35.5 Å². The maximum atomic E-state index is 5.62. The zero-order valence-electron chi connectivity index (χ0n) is 12.3. The molecule has 0 amide bonds. The standard InChI is InChI=1S/C14H26N4O/c1-4-5-15-14-11-19-10-13(14)9-17(2)7-12-6-16-18(3)8-12/h6,8,13-15H,4-5,7,9-11H2,1-3H3. The van der Waals surface area contributed by atoms with Crippen LogP contribution in [-0.4, -0.2) is 54.1 Å². The van der Waals surface area contributed by atoms with Gasteiger partial charge in [-0.1, -0.05) is 6.92 Å². The predicted molar refractivity (Wildman–Crippen MR) is 75.9 cm³/mol. The molecular formula is C14H26N4O. The molecule has 1 aromatic rings. The topological polar surface area (TPSA) is 42.3 Å². The van der Waals surface area contributed by atoms with Crippen LogP contribution in [0.4, 0.5) is 0 Å². The molecule has 1 aliphatic rings. The van der Waals surface area contributed by atoms with Crippen LogP contribution in [0, 0.1) is 5.92 Å². The average Bonchev–Trinajstić information content (AvgIpc) is 2.96. The van der Waals surface area contributed by atoms with Gasteiger partial charge in [-0.3, -0.25) is 4.68 Å². The number of aryl methyl sites for hydroxylation is 1. The van der Waals surface area contributed by atoms with Gasteiger partial charge in [0, 0.05) is 43.9 Å². The zero-order chi connectivity index (χ0) is 13.7. The Hall–Kier alpha value is -0.910. The van der Waals surface area contributed by atoms with Gasteiger partial charge < -0.3 is 15.0 Å². The molecular weight excluding hydrogens is 240 g/mol. The largest absolute Gasteiger partial charge is 0.379 e. The third-order valence-corrected chi connectivity index (χ3v) is 3.61. The molecule has 5 nitrogen and oxygen atoms in total. The van der Waals surface area contributed by atoms with Gasteiger partial charge in [-0.15, -0.1) is 0 Å². The van der Waals surface area contributed by atoms with Crippen LogP contribution in [0.3, 0.4) is 0 Å². The van der Waals surface area contributed by atoms with Crippen LogP contribution in [0.25, 0.3) is 0 Å². The molecule has 1 saturated heterocycles. The van der Waals surface area contributed by atoms with E-state index in [0.717, 1.165) is 32.8 Å². The van der Waals surface area contributed by atoms with Crippen molar-refractivity contribution in [1.29, 1.82) is 0 Å². The fraction of sp³-hybridized carbons (Fsp3) is 0.786. The molecule has 0 radical (unpaired) electrons.